The van der Waals surface area contributed by atoms with Crippen LogP contribution in [0, 0.1) is 10.1 Å². The Balaban J connectivity index is 1.64. The highest BCUT2D eigenvalue weighted by Gasteiger charge is 2.36. The smallest absolute Gasteiger partial charge is 0.335 e. The van der Waals surface area contributed by atoms with E-state index in [0.29, 0.717) is 11.1 Å². The number of hydrogen-bond acceptors (Lipinski definition) is 7. The van der Waals surface area contributed by atoms with Gasteiger partial charge in [0.15, 0.2) is 11.5 Å². The monoisotopic (exact) mass is 599 g/mol. The summed E-state index contributed by atoms with van der Waals surface area (Å²) in [5.41, 5.74) is 0.828. The predicted octanol–water partition coefficient (Wildman–Crippen LogP) is 5.65. The summed E-state index contributed by atoms with van der Waals surface area (Å²) in [5, 5.41) is 13.3. The molecule has 4 amide bonds. The van der Waals surface area contributed by atoms with E-state index in [0.717, 1.165) is 9.37 Å². The van der Waals surface area contributed by atoms with Gasteiger partial charge in [0.05, 0.1) is 22.2 Å². The lowest BCUT2D eigenvalue weighted by atomic mass is 10.1. The number of anilines is 1. The molecule has 194 valence electrons. The average molecular weight is 601 g/mol. The zero-order valence-corrected chi connectivity index (χ0v) is 22.1. The van der Waals surface area contributed by atoms with Gasteiger partial charge in [0.25, 0.3) is 17.5 Å². The van der Waals surface area contributed by atoms with Crippen molar-refractivity contribution in [1.82, 2.24) is 5.32 Å². The van der Waals surface area contributed by atoms with Crippen LogP contribution in [0.5, 0.6) is 11.5 Å². The molecule has 10 nitrogen and oxygen atoms in total. The molecule has 1 aliphatic rings. The van der Waals surface area contributed by atoms with Crippen LogP contribution >= 0.6 is 27.5 Å². The lowest BCUT2D eigenvalue weighted by Gasteiger charge is -2.26. The van der Waals surface area contributed by atoms with Crippen molar-refractivity contribution in [3.63, 3.8) is 0 Å². The van der Waals surface area contributed by atoms with Crippen LogP contribution in [-0.4, -0.2) is 29.4 Å². The number of amides is 4. The first-order chi connectivity index (χ1) is 18.2. The molecule has 3 aromatic carbocycles. The molecule has 0 aromatic heterocycles. The Morgan fingerprint density at radius 1 is 1.08 bits per heavy atom. The molecule has 12 heteroatoms. The van der Waals surface area contributed by atoms with Gasteiger partial charge >= 0.3 is 6.03 Å². The zero-order valence-electron chi connectivity index (χ0n) is 19.8. The van der Waals surface area contributed by atoms with E-state index in [1.54, 1.807) is 43.3 Å². The van der Waals surface area contributed by atoms with Gasteiger partial charge in [-0.25, -0.2) is 9.69 Å². The number of carbonyl (C=O) groups is 3. The van der Waals surface area contributed by atoms with Crippen LogP contribution in [0.2, 0.25) is 5.02 Å². The Labute approximate surface area is 230 Å². The number of nitro benzene ring substituents is 1. The van der Waals surface area contributed by atoms with E-state index in [-0.39, 0.29) is 46.7 Å². The number of hydrogen-bond donors (Lipinski definition) is 1. The van der Waals surface area contributed by atoms with E-state index in [1.165, 1.54) is 30.3 Å². The van der Waals surface area contributed by atoms with Gasteiger partial charge in [-0.2, -0.15) is 0 Å². The number of imide groups is 2. The zero-order chi connectivity index (χ0) is 27.4. The third kappa shape index (κ3) is 5.84. The lowest BCUT2D eigenvalue weighted by molar-refractivity contribution is -0.384. The third-order valence-corrected chi connectivity index (χ3v) is 6.14. The molecule has 1 N–H and O–H groups in total. The standard InChI is InChI=1S/C26H19BrClN3O7/c1-2-37-22-13-16(12-21(28)23(22)38-14-15-4-3-5-19(10-15)31(35)36)11-20-24(32)29-26(34)30(25(20)33)18-8-6-17(27)7-9-18/h3-13H,2,14H2,1H3,(H,29,32,34)/b20-11+. The highest BCUT2D eigenvalue weighted by Crippen LogP contribution is 2.38. The van der Waals surface area contributed by atoms with Crippen LogP contribution in [0.15, 0.2) is 70.7 Å². The second-order valence-corrected chi connectivity index (χ2v) is 9.24. The van der Waals surface area contributed by atoms with E-state index < -0.39 is 22.8 Å². The quantitative estimate of drug-likeness (QED) is 0.153. The Morgan fingerprint density at radius 3 is 2.50 bits per heavy atom. The average Bonchev–Trinajstić information content (AvgIpc) is 2.87. The minimum Gasteiger partial charge on any atom is -0.490 e. The third-order valence-electron chi connectivity index (χ3n) is 5.33. The van der Waals surface area contributed by atoms with Crippen LogP contribution in [0.4, 0.5) is 16.2 Å². The second kappa shape index (κ2) is 11.4. The summed E-state index contributed by atoms with van der Waals surface area (Å²) in [6, 6.07) is 14.6. The predicted molar refractivity (Wildman–Crippen MR) is 143 cm³/mol. The highest BCUT2D eigenvalue weighted by atomic mass is 79.9. The summed E-state index contributed by atoms with van der Waals surface area (Å²) in [6.07, 6.45) is 1.30. The number of nitrogens with zero attached hydrogens (tertiary/aromatic N) is 2. The number of non-ortho nitro benzene ring substituents is 1. The van der Waals surface area contributed by atoms with Crippen LogP contribution in [-0.2, 0) is 16.2 Å². The number of nitrogens with one attached hydrogen (secondary N) is 1. The van der Waals surface area contributed by atoms with Crippen molar-refractivity contribution >= 4 is 62.8 Å². The van der Waals surface area contributed by atoms with Gasteiger partial charge in [-0.3, -0.25) is 25.0 Å². The van der Waals surface area contributed by atoms with Gasteiger partial charge in [0, 0.05) is 16.6 Å². The van der Waals surface area contributed by atoms with Crippen molar-refractivity contribution in [2.24, 2.45) is 0 Å². The van der Waals surface area contributed by atoms with Crippen LogP contribution in [0.1, 0.15) is 18.1 Å². The van der Waals surface area contributed by atoms with Gasteiger partial charge < -0.3 is 9.47 Å². The van der Waals surface area contributed by atoms with Crippen LogP contribution < -0.4 is 19.7 Å². The Bertz CT molecular complexity index is 1470. The molecule has 0 saturated carbocycles. The van der Waals surface area contributed by atoms with E-state index in [2.05, 4.69) is 21.2 Å². The van der Waals surface area contributed by atoms with E-state index in [1.807, 2.05) is 0 Å². The molecule has 0 bridgehead atoms. The highest BCUT2D eigenvalue weighted by molar-refractivity contribution is 9.10. The first-order valence-corrected chi connectivity index (χ1v) is 12.3. The molecular formula is C26H19BrClN3O7. The summed E-state index contributed by atoms with van der Waals surface area (Å²) in [4.78, 5) is 49.5. The number of rotatable bonds is 8. The van der Waals surface area contributed by atoms with Crippen molar-refractivity contribution < 1.29 is 28.8 Å². The first-order valence-electron chi connectivity index (χ1n) is 11.2. The number of benzene rings is 3. The van der Waals surface area contributed by atoms with Crippen molar-refractivity contribution in [3.05, 3.63) is 97.0 Å². The van der Waals surface area contributed by atoms with Crippen molar-refractivity contribution in [1.29, 1.82) is 0 Å². The molecule has 0 spiro atoms. The molecule has 0 atom stereocenters. The summed E-state index contributed by atoms with van der Waals surface area (Å²) in [6.45, 7) is 1.99. The molecule has 1 fully saturated rings. The second-order valence-electron chi connectivity index (χ2n) is 7.91. The lowest BCUT2D eigenvalue weighted by Crippen LogP contribution is -2.54. The largest absolute Gasteiger partial charge is 0.490 e. The minimum atomic E-state index is -0.864. The molecule has 38 heavy (non-hydrogen) atoms. The maximum Gasteiger partial charge on any atom is 0.335 e. The van der Waals surface area contributed by atoms with Gasteiger partial charge in [-0.15, -0.1) is 0 Å². The Kier molecular flexibility index (Phi) is 8.08. The molecule has 3 aromatic rings. The molecule has 4 rings (SSSR count). The fraction of sp³-hybridized carbons (Fsp3) is 0.115. The fourth-order valence-electron chi connectivity index (χ4n) is 3.64. The van der Waals surface area contributed by atoms with Crippen molar-refractivity contribution in [2.75, 3.05) is 11.5 Å². The van der Waals surface area contributed by atoms with Gasteiger partial charge in [-0.05, 0) is 60.5 Å². The molecule has 0 aliphatic carbocycles. The number of carbonyl (C=O) groups excluding carboxylic acids is 3. The molecule has 1 saturated heterocycles. The molecule has 0 radical (unpaired) electrons. The Morgan fingerprint density at radius 2 is 1.82 bits per heavy atom. The summed E-state index contributed by atoms with van der Waals surface area (Å²) in [5.74, 6) is -1.23. The minimum absolute atomic E-state index is 0.0208. The van der Waals surface area contributed by atoms with E-state index >= 15 is 0 Å². The summed E-state index contributed by atoms with van der Waals surface area (Å²) in [7, 11) is 0. The number of ether oxygens (including phenoxy) is 2. The van der Waals surface area contributed by atoms with Crippen molar-refractivity contribution in [2.45, 2.75) is 13.5 Å². The molecule has 1 aliphatic heterocycles. The van der Waals surface area contributed by atoms with Crippen LogP contribution in [0.3, 0.4) is 0 Å². The summed E-state index contributed by atoms with van der Waals surface area (Å²) < 4.78 is 12.2. The topological polar surface area (TPSA) is 128 Å². The maximum absolute atomic E-state index is 13.2. The number of barbiturate groups is 1. The Hall–Kier alpha value is -4.22. The number of halogens is 2. The number of nitro groups is 1. The summed E-state index contributed by atoms with van der Waals surface area (Å²) >= 11 is 9.77. The van der Waals surface area contributed by atoms with Gasteiger partial charge in [0.1, 0.15) is 12.2 Å². The SMILES string of the molecule is CCOc1cc(/C=C2\C(=O)NC(=O)N(c3ccc(Br)cc3)C2=O)cc(Cl)c1OCc1cccc([N+](=O)[O-])c1. The fourth-order valence-corrected chi connectivity index (χ4v) is 4.18. The molecule has 0 unspecified atom stereocenters. The maximum atomic E-state index is 13.2. The van der Waals surface area contributed by atoms with Crippen molar-refractivity contribution in [3.8, 4) is 11.5 Å². The van der Waals surface area contributed by atoms with Gasteiger partial charge in [0.2, 0.25) is 0 Å². The normalized spacial score (nSPS) is 14.4. The van der Waals surface area contributed by atoms with Crippen LogP contribution in [0.25, 0.3) is 6.08 Å². The van der Waals surface area contributed by atoms with Gasteiger partial charge in [-0.1, -0.05) is 39.7 Å². The van der Waals surface area contributed by atoms with E-state index in [4.69, 9.17) is 21.1 Å². The first kappa shape index (κ1) is 26.8. The molecule has 1 heterocycles. The van der Waals surface area contributed by atoms with E-state index in [9.17, 15) is 24.5 Å². The molecular weight excluding hydrogens is 582 g/mol. The number of urea groups is 1.